The summed E-state index contributed by atoms with van der Waals surface area (Å²) in [5.41, 5.74) is 8.92. The molecule has 0 saturated heterocycles. The number of anilines is 2. The zero-order valence-corrected chi connectivity index (χ0v) is 16.3. The monoisotopic (exact) mass is 388 g/mol. The summed E-state index contributed by atoms with van der Waals surface area (Å²) in [7, 11) is 0. The van der Waals surface area contributed by atoms with Crippen molar-refractivity contribution >= 4 is 22.4 Å². The van der Waals surface area contributed by atoms with Crippen molar-refractivity contribution in [2.24, 2.45) is 0 Å². The van der Waals surface area contributed by atoms with Gasteiger partial charge in [-0.25, -0.2) is 4.98 Å². The topological polar surface area (TPSA) is 52.7 Å². The Balaban J connectivity index is 1.32. The molecule has 0 fully saturated rings. The number of hydrogen-bond donors (Lipinski definition) is 3. The van der Waals surface area contributed by atoms with Gasteiger partial charge in [0.15, 0.2) is 0 Å². The lowest BCUT2D eigenvalue weighted by atomic mass is 10.0. The second-order valence-corrected chi connectivity index (χ2v) is 7.58. The van der Waals surface area contributed by atoms with E-state index in [2.05, 4.69) is 88.4 Å². The minimum Gasteiger partial charge on any atom is -0.360 e. The largest absolute Gasteiger partial charge is 0.360 e. The number of H-pyrrole nitrogens is 1. The van der Waals surface area contributed by atoms with E-state index in [0.29, 0.717) is 0 Å². The Morgan fingerprint density at radius 1 is 0.600 bits per heavy atom. The lowest BCUT2D eigenvalue weighted by molar-refractivity contribution is 0.941. The minimum atomic E-state index is 0.0972. The molecule has 1 aromatic heterocycles. The number of benzene rings is 4. The van der Waals surface area contributed by atoms with E-state index >= 15 is 0 Å². The average molecular weight is 388 g/mol. The lowest BCUT2D eigenvalue weighted by Crippen LogP contribution is -2.11. The van der Waals surface area contributed by atoms with E-state index in [0.717, 1.165) is 33.8 Å². The van der Waals surface area contributed by atoms with E-state index in [1.54, 1.807) is 0 Å². The molecule has 0 aliphatic carbocycles. The molecular formula is C26H20N4. The number of nitrogens with one attached hydrogen (secondary N) is 3. The van der Waals surface area contributed by atoms with Crippen LogP contribution in [0.5, 0.6) is 0 Å². The van der Waals surface area contributed by atoms with Crippen LogP contribution < -0.4 is 10.6 Å². The Kier molecular flexibility index (Phi) is 3.81. The zero-order chi connectivity index (χ0) is 19.9. The predicted octanol–water partition coefficient (Wildman–Crippen LogP) is 6.43. The highest BCUT2D eigenvalue weighted by atomic mass is 15.2. The SMILES string of the molecule is c1ccc(-c2nc3ccc(-c4ccc5c(c4)NC(c4ccccc4)N5)cc3[nH]2)cc1. The van der Waals surface area contributed by atoms with Crippen molar-refractivity contribution < 1.29 is 0 Å². The van der Waals surface area contributed by atoms with Gasteiger partial charge in [0.05, 0.1) is 22.4 Å². The first-order chi connectivity index (χ1) is 14.8. The van der Waals surface area contributed by atoms with E-state index in [1.165, 1.54) is 16.7 Å². The summed E-state index contributed by atoms with van der Waals surface area (Å²) < 4.78 is 0. The van der Waals surface area contributed by atoms with E-state index in [4.69, 9.17) is 4.98 Å². The number of fused-ring (bicyclic) bond motifs is 2. The first-order valence-electron chi connectivity index (χ1n) is 10.1. The number of aromatic amines is 1. The number of hydrogen-bond acceptors (Lipinski definition) is 3. The van der Waals surface area contributed by atoms with Gasteiger partial charge in [0, 0.05) is 5.56 Å². The Hall–Kier alpha value is -4.05. The van der Waals surface area contributed by atoms with Crippen molar-refractivity contribution in [2.75, 3.05) is 10.6 Å². The quantitative estimate of drug-likeness (QED) is 0.334. The van der Waals surface area contributed by atoms with Crippen molar-refractivity contribution in [1.29, 1.82) is 0 Å². The molecule has 0 saturated carbocycles. The van der Waals surface area contributed by atoms with Crippen LogP contribution in [0.1, 0.15) is 11.7 Å². The highest BCUT2D eigenvalue weighted by Crippen LogP contribution is 2.38. The van der Waals surface area contributed by atoms with Crippen LogP contribution in [0.15, 0.2) is 97.1 Å². The molecule has 1 aliphatic heterocycles. The third kappa shape index (κ3) is 2.90. The van der Waals surface area contributed by atoms with Crippen molar-refractivity contribution in [3.63, 3.8) is 0 Å². The first kappa shape index (κ1) is 16.9. The number of nitrogens with zero attached hydrogens (tertiary/aromatic N) is 1. The molecule has 0 amide bonds. The normalized spacial score (nSPS) is 14.9. The van der Waals surface area contributed by atoms with E-state index in [9.17, 15) is 0 Å². The number of imidazole rings is 1. The summed E-state index contributed by atoms with van der Waals surface area (Å²) in [6.45, 7) is 0. The van der Waals surface area contributed by atoms with Gasteiger partial charge in [0.25, 0.3) is 0 Å². The molecule has 0 spiro atoms. The summed E-state index contributed by atoms with van der Waals surface area (Å²) in [5, 5.41) is 7.15. The molecule has 1 atom stereocenters. The van der Waals surface area contributed by atoms with Crippen molar-refractivity contribution in [2.45, 2.75) is 6.17 Å². The summed E-state index contributed by atoms with van der Waals surface area (Å²) in [4.78, 5) is 8.21. The minimum absolute atomic E-state index is 0.0972. The Morgan fingerprint density at radius 2 is 1.30 bits per heavy atom. The summed E-state index contributed by atoms with van der Waals surface area (Å²) in [6.07, 6.45) is 0.0972. The van der Waals surface area contributed by atoms with Crippen molar-refractivity contribution in [1.82, 2.24) is 9.97 Å². The molecule has 2 heterocycles. The van der Waals surface area contributed by atoms with Crippen molar-refractivity contribution in [3.8, 4) is 22.5 Å². The predicted molar refractivity (Wildman–Crippen MR) is 123 cm³/mol. The second-order valence-electron chi connectivity index (χ2n) is 7.58. The third-order valence-electron chi connectivity index (χ3n) is 5.61. The number of rotatable bonds is 3. The highest BCUT2D eigenvalue weighted by molar-refractivity contribution is 5.87. The second kappa shape index (κ2) is 6.78. The van der Waals surface area contributed by atoms with Gasteiger partial charge in [-0.05, 0) is 41.0 Å². The van der Waals surface area contributed by atoms with E-state index in [-0.39, 0.29) is 6.17 Å². The van der Waals surface area contributed by atoms with Gasteiger partial charge < -0.3 is 15.6 Å². The molecule has 6 rings (SSSR count). The summed E-state index contributed by atoms with van der Waals surface area (Å²) >= 11 is 0. The average Bonchev–Trinajstić information content (AvgIpc) is 3.43. The van der Waals surface area contributed by atoms with Crippen LogP contribution in [-0.4, -0.2) is 9.97 Å². The smallest absolute Gasteiger partial charge is 0.138 e. The van der Waals surface area contributed by atoms with Crippen LogP contribution in [0.2, 0.25) is 0 Å². The maximum atomic E-state index is 4.74. The van der Waals surface area contributed by atoms with Gasteiger partial charge in [0.1, 0.15) is 12.0 Å². The van der Waals surface area contributed by atoms with Gasteiger partial charge in [-0.2, -0.15) is 0 Å². The molecular weight excluding hydrogens is 368 g/mol. The number of aromatic nitrogens is 2. The lowest BCUT2D eigenvalue weighted by Gasteiger charge is -2.12. The highest BCUT2D eigenvalue weighted by Gasteiger charge is 2.21. The molecule has 1 aliphatic rings. The Labute approximate surface area is 174 Å². The standard InChI is InChI=1S/C26H20N4/c1-3-7-17(8-4-1)25-27-21-13-11-19(15-23(21)29-25)20-12-14-22-24(16-20)30-26(28-22)18-9-5-2-6-10-18/h1-16,25,27,29H,(H,28,30). The maximum absolute atomic E-state index is 4.74. The molecule has 4 heteroatoms. The van der Waals surface area contributed by atoms with E-state index < -0.39 is 0 Å². The van der Waals surface area contributed by atoms with Gasteiger partial charge >= 0.3 is 0 Å². The summed E-state index contributed by atoms with van der Waals surface area (Å²) in [5.74, 6) is 0.897. The fourth-order valence-corrected chi connectivity index (χ4v) is 4.05. The van der Waals surface area contributed by atoms with Crippen LogP contribution >= 0.6 is 0 Å². The van der Waals surface area contributed by atoms with Crippen LogP contribution in [0.3, 0.4) is 0 Å². The zero-order valence-electron chi connectivity index (χ0n) is 16.3. The van der Waals surface area contributed by atoms with Crippen molar-refractivity contribution in [3.05, 3.63) is 103 Å². The molecule has 4 nitrogen and oxygen atoms in total. The van der Waals surface area contributed by atoms with Gasteiger partial charge in [-0.15, -0.1) is 0 Å². The van der Waals surface area contributed by atoms with Crippen LogP contribution in [-0.2, 0) is 0 Å². The Bertz CT molecular complexity index is 1340. The van der Waals surface area contributed by atoms with Gasteiger partial charge in [0.2, 0.25) is 0 Å². The van der Waals surface area contributed by atoms with Crippen LogP contribution in [0, 0.1) is 0 Å². The fraction of sp³-hybridized carbons (Fsp3) is 0.0385. The molecule has 144 valence electrons. The molecule has 30 heavy (non-hydrogen) atoms. The molecule has 5 aromatic rings. The first-order valence-corrected chi connectivity index (χ1v) is 10.1. The molecule has 1 unspecified atom stereocenters. The van der Waals surface area contributed by atoms with Crippen LogP contribution in [0.4, 0.5) is 11.4 Å². The summed E-state index contributed by atoms with van der Waals surface area (Å²) in [6, 6.07) is 33.6. The molecule has 0 radical (unpaired) electrons. The van der Waals surface area contributed by atoms with Gasteiger partial charge in [-0.1, -0.05) is 72.8 Å². The van der Waals surface area contributed by atoms with Gasteiger partial charge in [-0.3, -0.25) is 0 Å². The van der Waals surface area contributed by atoms with E-state index in [1.807, 2.05) is 24.3 Å². The third-order valence-corrected chi connectivity index (χ3v) is 5.61. The van der Waals surface area contributed by atoms with Crippen LogP contribution in [0.25, 0.3) is 33.5 Å². The maximum Gasteiger partial charge on any atom is 0.138 e. The molecule has 0 bridgehead atoms. The molecule has 3 N–H and O–H groups in total. The molecule has 4 aromatic carbocycles. The Morgan fingerprint density at radius 3 is 2.13 bits per heavy atom. The fourth-order valence-electron chi connectivity index (χ4n) is 4.05.